The zero-order valence-corrected chi connectivity index (χ0v) is 23.7. The van der Waals surface area contributed by atoms with Crippen LogP contribution in [0.2, 0.25) is 0 Å². The van der Waals surface area contributed by atoms with E-state index >= 15 is 0 Å². The molecule has 1 unspecified atom stereocenters. The van der Waals surface area contributed by atoms with E-state index in [4.69, 9.17) is 8.39 Å². The molecule has 33 heavy (non-hydrogen) atoms. The van der Waals surface area contributed by atoms with Gasteiger partial charge in [-0.2, -0.15) is 0 Å². The second kappa shape index (κ2) is 8.35. The van der Waals surface area contributed by atoms with E-state index in [1.54, 1.807) is 0 Å². The maximum Gasteiger partial charge on any atom is 1.00 e. The summed E-state index contributed by atoms with van der Waals surface area (Å²) in [5.74, 6) is 0. The van der Waals surface area contributed by atoms with Gasteiger partial charge in [-0.05, 0) is 26.9 Å². The van der Waals surface area contributed by atoms with Gasteiger partial charge in [-0.3, -0.25) is 4.89 Å². The summed E-state index contributed by atoms with van der Waals surface area (Å²) in [6.45, 7) is 0. The quantitative estimate of drug-likeness (QED) is 0.215. The van der Waals surface area contributed by atoms with Crippen LogP contribution in [0.3, 0.4) is 0 Å². The summed E-state index contributed by atoms with van der Waals surface area (Å²) in [6.07, 6.45) is 0. The first kappa shape index (κ1) is 21.6. The molecule has 152 valence electrons. The Balaban J connectivity index is 0.00000206. The molecule has 7 rings (SSSR count). The van der Waals surface area contributed by atoms with Crippen molar-refractivity contribution in [2.45, 2.75) is 0 Å². The first-order chi connectivity index (χ1) is 15.8. The SMILES string of the molecule is Op1oc2c([c-]cc3ccc4ccccc4c32)c2ccc3ccc4ccccc4c3c2o1.[Rb+]. The molecule has 1 N–H and O–H groups in total. The molecule has 5 heteroatoms. The van der Waals surface area contributed by atoms with Gasteiger partial charge in [0.2, 0.25) is 0 Å². The van der Waals surface area contributed by atoms with Crippen LogP contribution in [0.15, 0.2) is 99.4 Å². The van der Waals surface area contributed by atoms with Gasteiger partial charge < -0.3 is 8.39 Å². The van der Waals surface area contributed by atoms with Crippen molar-refractivity contribution in [3.8, 4) is 0 Å². The first-order valence-corrected chi connectivity index (χ1v) is 11.6. The summed E-state index contributed by atoms with van der Waals surface area (Å²) in [5.41, 5.74) is 1.26. The summed E-state index contributed by atoms with van der Waals surface area (Å²) in [5, 5.41) is 10.1. The summed E-state index contributed by atoms with van der Waals surface area (Å²) < 4.78 is 12.2. The molecule has 0 radical (unpaired) electrons. The summed E-state index contributed by atoms with van der Waals surface area (Å²) in [6, 6.07) is 34.4. The molecule has 1 aromatic heterocycles. The Morgan fingerprint density at radius 3 is 1.85 bits per heavy atom. The van der Waals surface area contributed by atoms with Crippen LogP contribution in [0.5, 0.6) is 0 Å². The van der Waals surface area contributed by atoms with Gasteiger partial charge in [0.1, 0.15) is 5.58 Å². The summed E-state index contributed by atoms with van der Waals surface area (Å²) >= 11 is 0. The van der Waals surface area contributed by atoms with Crippen LogP contribution in [0.25, 0.3) is 65.0 Å². The molecule has 0 saturated carbocycles. The Kier molecular flexibility index (Phi) is 5.46. The van der Waals surface area contributed by atoms with Gasteiger partial charge in [-0.25, -0.2) is 0 Å². The molecule has 0 amide bonds. The normalized spacial score (nSPS) is 12.1. The minimum Gasteiger partial charge on any atom is -0.447 e. The maximum atomic E-state index is 10.9. The Hall–Kier alpha value is -1.97. The van der Waals surface area contributed by atoms with Crippen molar-refractivity contribution in [2.75, 3.05) is 0 Å². The molecule has 3 nitrogen and oxygen atoms in total. The molecule has 0 aliphatic heterocycles. The molecule has 6 aromatic carbocycles. The second-order valence-corrected chi connectivity index (χ2v) is 8.83. The van der Waals surface area contributed by atoms with E-state index in [9.17, 15) is 4.89 Å². The largest absolute Gasteiger partial charge is 1.00 e. The third-order valence-electron chi connectivity index (χ3n) is 6.26. The summed E-state index contributed by atoms with van der Waals surface area (Å²) in [7, 11) is -2.17. The van der Waals surface area contributed by atoms with Crippen LogP contribution in [0.1, 0.15) is 0 Å². The van der Waals surface area contributed by atoms with Gasteiger partial charge in [0.25, 0.3) is 0 Å². The maximum absolute atomic E-state index is 10.9. The molecular formula is C28H16O3PRb. The molecule has 1 atom stereocenters. The fourth-order valence-corrected chi connectivity index (χ4v) is 5.55. The van der Waals surface area contributed by atoms with Gasteiger partial charge in [0.05, 0.1) is 5.58 Å². The van der Waals surface area contributed by atoms with Gasteiger partial charge >= 0.3 is 66.4 Å². The Bertz CT molecular complexity index is 1770. The molecule has 0 aliphatic rings. The van der Waals surface area contributed by atoms with Crippen molar-refractivity contribution in [3.05, 3.63) is 97.1 Å². The van der Waals surface area contributed by atoms with Crippen molar-refractivity contribution < 1.29 is 71.5 Å². The van der Waals surface area contributed by atoms with Crippen molar-refractivity contribution in [1.82, 2.24) is 0 Å². The Labute approximate surface area is 239 Å². The minimum atomic E-state index is -2.17. The number of hydrogen-bond donors (Lipinski definition) is 1. The fraction of sp³-hybridized carbons (Fsp3) is 0. The summed E-state index contributed by atoms with van der Waals surface area (Å²) in [4.78, 5) is 10.9. The van der Waals surface area contributed by atoms with Crippen LogP contribution >= 0.6 is 8.24 Å². The first-order valence-electron chi connectivity index (χ1n) is 10.4. The monoisotopic (exact) mass is 516 g/mol. The minimum absolute atomic E-state index is 0. The van der Waals surface area contributed by atoms with Crippen molar-refractivity contribution in [1.29, 1.82) is 0 Å². The third kappa shape index (κ3) is 3.34. The number of benzene rings is 6. The Morgan fingerprint density at radius 1 is 0.576 bits per heavy atom. The standard InChI is InChI=1S/C28H16O3P.Rb/c29-32-30-27-23(15-13-19-11-9-17-5-1-3-7-21(17)25(19)27)24-16-14-20-12-10-18-6-2-4-8-22(18)26(20)28(24)31-32;/h1-15,29H;/q-1;+1. The molecule has 0 fully saturated rings. The van der Waals surface area contributed by atoms with Crippen molar-refractivity contribution >= 4 is 73.3 Å². The number of rotatable bonds is 0. The zero-order chi connectivity index (χ0) is 21.2. The van der Waals surface area contributed by atoms with E-state index < -0.39 is 8.24 Å². The van der Waals surface area contributed by atoms with Gasteiger partial charge in [-0.1, -0.05) is 106 Å². The van der Waals surface area contributed by atoms with Gasteiger partial charge in [0.15, 0.2) is 0 Å². The van der Waals surface area contributed by atoms with E-state index in [1.165, 1.54) is 0 Å². The van der Waals surface area contributed by atoms with E-state index in [-0.39, 0.29) is 58.2 Å². The molecule has 7 aromatic rings. The fourth-order valence-electron chi connectivity index (χ4n) is 4.82. The Morgan fingerprint density at radius 2 is 1.12 bits per heavy atom. The average molecular weight is 517 g/mol. The van der Waals surface area contributed by atoms with Gasteiger partial charge in [0, 0.05) is 5.39 Å². The smallest absolute Gasteiger partial charge is 0.447 e. The zero-order valence-electron chi connectivity index (χ0n) is 17.9. The third-order valence-corrected chi connectivity index (χ3v) is 6.94. The van der Waals surface area contributed by atoms with E-state index in [1.807, 2.05) is 36.4 Å². The van der Waals surface area contributed by atoms with Gasteiger partial charge in [-0.15, -0.1) is 12.1 Å². The topological polar surface area (TPSA) is 46.5 Å². The van der Waals surface area contributed by atoms with Crippen LogP contribution in [-0.4, -0.2) is 4.89 Å². The average Bonchev–Trinajstić information content (AvgIpc) is 2.98. The number of hydrogen-bond acceptors (Lipinski definition) is 3. The molecule has 0 saturated heterocycles. The molecule has 1 heterocycles. The van der Waals surface area contributed by atoms with Crippen molar-refractivity contribution in [2.24, 2.45) is 0 Å². The molecule has 0 spiro atoms. The number of fused-ring (bicyclic) bond motifs is 11. The van der Waals surface area contributed by atoms with E-state index in [0.717, 1.165) is 53.9 Å². The molecule has 0 aliphatic carbocycles. The second-order valence-electron chi connectivity index (χ2n) is 7.99. The predicted molar refractivity (Wildman–Crippen MR) is 133 cm³/mol. The van der Waals surface area contributed by atoms with E-state index in [0.29, 0.717) is 11.2 Å². The van der Waals surface area contributed by atoms with Crippen LogP contribution in [0.4, 0.5) is 0 Å². The predicted octanol–water partition coefficient (Wildman–Crippen LogP) is 5.46. The van der Waals surface area contributed by atoms with Crippen LogP contribution < -0.4 is 58.2 Å². The molecule has 0 bridgehead atoms. The van der Waals surface area contributed by atoms with E-state index in [2.05, 4.69) is 60.7 Å². The molecular weight excluding hydrogens is 501 g/mol. The van der Waals surface area contributed by atoms with Crippen LogP contribution in [0, 0.1) is 6.07 Å². The van der Waals surface area contributed by atoms with Crippen LogP contribution in [-0.2, 0) is 0 Å². The van der Waals surface area contributed by atoms with Crippen molar-refractivity contribution in [3.63, 3.8) is 0 Å².